The van der Waals surface area contributed by atoms with Crippen LogP contribution in [0.25, 0.3) is 0 Å². The fourth-order valence-electron chi connectivity index (χ4n) is 1.00. The molecule has 84 valence electrons. The molecule has 0 spiro atoms. The molecule has 0 saturated carbocycles. The number of thioether (sulfide) groups is 1. The Morgan fingerprint density at radius 1 is 1.14 bits per heavy atom. The number of allylic oxidation sites excluding steroid dienone is 1. The standard InChI is InChI=1S/C12H25NS/c1-8-9-10(13-11(2,3)4)14-12(5,6)7/h9,13H,8H2,1-7H3/b10-9-. The minimum Gasteiger partial charge on any atom is -0.376 e. The summed E-state index contributed by atoms with van der Waals surface area (Å²) in [5.41, 5.74) is 0.152. The van der Waals surface area contributed by atoms with Gasteiger partial charge in [0.1, 0.15) is 0 Å². The summed E-state index contributed by atoms with van der Waals surface area (Å²) in [4.78, 5) is 0. The van der Waals surface area contributed by atoms with E-state index < -0.39 is 0 Å². The van der Waals surface area contributed by atoms with E-state index in [9.17, 15) is 0 Å². The average molecular weight is 215 g/mol. The van der Waals surface area contributed by atoms with Gasteiger partial charge in [0.25, 0.3) is 0 Å². The Hall–Kier alpha value is -0.110. The predicted molar refractivity (Wildman–Crippen MR) is 68.6 cm³/mol. The summed E-state index contributed by atoms with van der Waals surface area (Å²) in [5, 5.41) is 4.84. The van der Waals surface area contributed by atoms with E-state index in [1.54, 1.807) is 0 Å². The maximum absolute atomic E-state index is 3.54. The van der Waals surface area contributed by atoms with Gasteiger partial charge in [-0.25, -0.2) is 0 Å². The minimum absolute atomic E-state index is 0.152. The topological polar surface area (TPSA) is 12.0 Å². The van der Waals surface area contributed by atoms with Gasteiger partial charge < -0.3 is 5.32 Å². The molecule has 0 radical (unpaired) electrons. The molecule has 0 aromatic carbocycles. The van der Waals surface area contributed by atoms with Crippen LogP contribution >= 0.6 is 11.8 Å². The molecule has 0 aliphatic rings. The number of hydrogen-bond donors (Lipinski definition) is 1. The van der Waals surface area contributed by atoms with Gasteiger partial charge in [-0.15, -0.1) is 11.8 Å². The van der Waals surface area contributed by atoms with Gasteiger partial charge in [0.05, 0.1) is 5.03 Å². The summed E-state index contributed by atoms with van der Waals surface area (Å²) >= 11 is 1.90. The van der Waals surface area contributed by atoms with Crippen molar-refractivity contribution in [1.29, 1.82) is 0 Å². The van der Waals surface area contributed by atoms with Crippen LogP contribution in [0.1, 0.15) is 54.9 Å². The summed E-state index contributed by atoms with van der Waals surface area (Å²) in [5.74, 6) is 0. The fourth-order valence-corrected chi connectivity index (χ4v) is 2.27. The Balaban J connectivity index is 4.41. The van der Waals surface area contributed by atoms with Gasteiger partial charge >= 0.3 is 0 Å². The van der Waals surface area contributed by atoms with Crippen molar-refractivity contribution < 1.29 is 0 Å². The lowest BCUT2D eigenvalue weighted by molar-refractivity contribution is 0.485. The average Bonchev–Trinajstić information content (AvgIpc) is 1.78. The molecule has 0 atom stereocenters. The maximum Gasteiger partial charge on any atom is 0.0649 e. The van der Waals surface area contributed by atoms with Gasteiger partial charge in [0, 0.05) is 10.3 Å². The van der Waals surface area contributed by atoms with Crippen molar-refractivity contribution in [3.63, 3.8) is 0 Å². The van der Waals surface area contributed by atoms with Crippen LogP contribution < -0.4 is 5.32 Å². The molecule has 0 bridgehead atoms. The van der Waals surface area contributed by atoms with E-state index in [4.69, 9.17) is 0 Å². The van der Waals surface area contributed by atoms with Gasteiger partial charge in [-0.1, -0.05) is 33.8 Å². The molecule has 0 aliphatic carbocycles. The van der Waals surface area contributed by atoms with Gasteiger partial charge in [-0.2, -0.15) is 0 Å². The van der Waals surface area contributed by atoms with Crippen molar-refractivity contribution >= 4 is 11.8 Å². The molecule has 2 heteroatoms. The Kier molecular flexibility index (Phi) is 5.07. The third-order valence-electron chi connectivity index (χ3n) is 1.30. The molecule has 14 heavy (non-hydrogen) atoms. The zero-order chi connectivity index (χ0) is 11.4. The van der Waals surface area contributed by atoms with E-state index >= 15 is 0 Å². The Morgan fingerprint density at radius 2 is 1.64 bits per heavy atom. The monoisotopic (exact) mass is 215 g/mol. The number of nitrogens with one attached hydrogen (secondary N) is 1. The highest BCUT2D eigenvalue weighted by molar-refractivity contribution is 8.04. The third-order valence-corrected chi connectivity index (χ3v) is 2.40. The summed E-state index contributed by atoms with van der Waals surface area (Å²) in [6, 6.07) is 0. The molecule has 0 aliphatic heterocycles. The number of rotatable bonds is 3. The second-order valence-corrected chi connectivity index (χ2v) is 7.43. The Labute approximate surface area is 93.7 Å². The van der Waals surface area contributed by atoms with Gasteiger partial charge in [-0.3, -0.25) is 0 Å². The molecule has 1 nitrogen and oxygen atoms in total. The molecule has 1 N–H and O–H groups in total. The van der Waals surface area contributed by atoms with Crippen molar-refractivity contribution in [1.82, 2.24) is 5.32 Å². The highest BCUT2D eigenvalue weighted by Gasteiger charge is 2.17. The SMILES string of the molecule is CC/C=C(/NC(C)(C)C)SC(C)(C)C. The summed E-state index contributed by atoms with van der Waals surface area (Å²) in [6.07, 6.45) is 3.35. The molecule has 0 aromatic heterocycles. The fraction of sp³-hybridized carbons (Fsp3) is 0.833. The molecule has 0 heterocycles. The first-order valence-electron chi connectivity index (χ1n) is 5.31. The molecule has 0 aromatic rings. The van der Waals surface area contributed by atoms with Crippen LogP contribution in [0.3, 0.4) is 0 Å². The highest BCUT2D eigenvalue weighted by atomic mass is 32.2. The van der Waals surface area contributed by atoms with Crippen LogP contribution in [0.15, 0.2) is 11.1 Å². The van der Waals surface area contributed by atoms with Crippen LogP contribution in [0.5, 0.6) is 0 Å². The van der Waals surface area contributed by atoms with Crippen molar-refractivity contribution in [3.8, 4) is 0 Å². The molecule has 0 rings (SSSR count). The Bertz CT molecular complexity index is 175. The predicted octanol–water partition coefficient (Wildman–Crippen LogP) is 4.16. The Morgan fingerprint density at radius 3 is 1.93 bits per heavy atom. The van der Waals surface area contributed by atoms with Crippen LogP contribution in [-0.4, -0.2) is 10.3 Å². The van der Waals surface area contributed by atoms with Crippen LogP contribution in [0, 0.1) is 0 Å². The quantitative estimate of drug-likeness (QED) is 0.759. The molecule has 0 unspecified atom stereocenters. The third kappa shape index (κ3) is 8.49. The second kappa shape index (κ2) is 5.11. The summed E-state index contributed by atoms with van der Waals surface area (Å²) in [6.45, 7) is 15.5. The van der Waals surface area contributed by atoms with E-state index in [1.807, 2.05) is 11.8 Å². The first kappa shape index (κ1) is 13.9. The van der Waals surface area contributed by atoms with Crippen LogP contribution in [0.2, 0.25) is 0 Å². The maximum atomic E-state index is 3.54. The van der Waals surface area contributed by atoms with E-state index in [1.165, 1.54) is 5.03 Å². The first-order chi connectivity index (χ1) is 6.14. The lowest BCUT2D eigenvalue weighted by Gasteiger charge is -2.28. The van der Waals surface area contributed by atoms with Crippen molar-refractivity contribution in [3.05, 3.63) is 11.1 Å². The van der Waals surface area contributed by atoms with Gasteiger partial charge in [-0.05, 0) is 27.2 Å². The van der Waals surface area contributed by atoms with Crippen LogP contribution in [-0.2, 0) is 0 Å². The minimum atomic E-state index is 0.152. The smallest absolute Gasteiger partial charge is 0.0649 e. The van der Waals surface area contributed by atoms with E-state index in [0.29, 0.717) is 0 Å². The van der Waals surface area contributed by atoms with Gasteiger partial charge in [0.15, 0.2) is 0 Å². The van der Waals surface area contributed by atoms with Crippen molar-refractivity contribution in [2.24, 2.45) is 0 Å². The normalized spacial score (nSPS) is 14.4. The summed E-state index contributed by atoms with van der Waals surface area (Å²) in [7, 11) is 0. The zero-order valence-electron chi connectivity index (χ0n) is 10.7. The van der Waals surface area contributed by atoms with Crippen LogP contribution in [0.4, 0.5) is 0 Å². The summed E-state index contributed by atoms with van der Waals surface area (Å²) < 4.78 is 0.277. The van der Waals surface area contributed by atoms with Crippen molar-refractivity contribution in [2.45, 2.75) is 65.2 Å². The molecular formula is C12H25NS. The number of hydrogen-bond acceptors (Lipinski definition) is 2. The van der Waals surface area contributed by atoms with E-state index in [2.05, 4.69) is 59.9 Å². The second-order valence-electron chi connectivity index (χ2n) is 5.57. The lowest BCUT2D eigenvalue weighted by atomic mass is 10.1. The molecule has 0 fully saturated rings. The van der Waals surface area contributed by atoms with E-state index in [0.717, 1.165) is 6.42 Å². The highest BCUT2D eigenvalue weighted by Crippen LogP contribution is 2.30. The molecule has 0 amide bonds. The van der Waals surface area contributed by atoms with Gasteiger partial charge in [0.2, 0.25) is 0 Å². The largest absolute Gasteiger partial charge is 0.376 e. The van der Waals surface area contributed by atoms with Crippen molar-refractivity contribution in [2.75, 3.05) is 0 Å². The molecular weight excluding hydrogens is 190 g/mol. The lowest BCUT2D eigenvalue weighted by Crippen LogP contribution is -2.35. The molecule has 0 saturated heterocycles. The zero-order valence-corrected chi connectivity index (χ0v) is 11.5. The van der Waals surface area contributed by atoms with E-state index in [-0.39, 0.29) is 10.3 Å². The first-order valence-corrected chi connectivity index (χ1v) is 6.13.